The maximum atomic E-state index is 13.2. The third-order valence-corrected chi connectivity index (χ3v) is 9.08. The highest BCUT2D eigenvalue weighted by Gasteiger charge is 2.35. The van der Waals surface area contributed by atoms with Crippen LogP contribution in [0.15, 0.2) is 10.8 Å². The van der Waals surface area contributed by atoms with Gasteiger partial charge in [0.05, 0.1) is 10.9 Å². The lowest BCUT2D eigenvalue weighted by Gasteiger charge is -2.33. The van der Waals surface area contributed by atoms with Gasteiger partial charge in [-0.3, -0.25) is 19.2 Å². The fourth-order valence-electron chi connectivity index (χ4n) is 4.66. The lowest BCUT2D eigenvalue weighted by molar-refractivity contribution is -0.148. The summed E-state index contributed by atoms with van der Waals surface area (Å²) in [6, 6.07) is -1.10. The van der Waals surface area contributed by atoms with Gasteiger partial charge in [-0.25, -0.2) is 9.97 Å². The number of thiazole rings is 2. The molecule has 0 saturated heterocycles. The zero-order valence-electron chi connectivity index (χ0n) is 24.6. The Morgan fingerprint density at radius 2 is 1.79 bits per heavy atom. The molecule has 0 radical (unpaired) electrons. The van der Waals surface area contributed by atoms with Crippen LogP contribution in [0.1, 0.15) is 92.1 Å². The van der Waals surface area contributed by atoms with E-state index in [1.54, 1.807) is 11.9 Å². The summed E-state index contributed by atoms with van der Waals surface area (Å²) in [4.78, 5) is 59.2. The molecule has 1 unspecified atom stereocenters. The molecule has 3 rings (SSSR count). The summed E-state index contributed by atoms with van der Waals surface area (Å²) >= 11 is 1.87. The smallest absolute Gasteiger partial charge is 0.434 e. The van der Waals surface area contributed by atoms with E-state index in [0.717, 1.165) is 40.9 Å². The number of nitrogens with zero attached hydrogens (tertiary/aromatic N) is 3. The van der Waals surface area contributed by atoms with Crippen LogP contribution in [0.5, 0.6) is 0 Å². The fourth-order valence-corrected chi connectivity index (χ4v) is 6.38. The van der Waals surface area contributed by atoms with Gasteiger partial charge in [0.15, 0.2) is 11.8 Å². The van der Waals surface area contributed by atoms with Crippen LogP contribution in [-0.4, -0.2) is 62.9 Å². The van der Waals surface area contributed by atoms with Gasteiger partial charge >= 0.3 is 18.1 Å². The SMILES string of the molecule is CC(=O)O[C@H](CC(C(C)C)N(C)C(=O)CC1CC1)c1nc(C(=O)N[C@@H](Cc2nc(C(F)(F)F)cs2)C[C@H](C)C(=O)O)cs1. The number of halogens is 3. The van der Waals surface area contributed by atoms with Gasteiger partial charge in [-0.15, -0.1) is 22.7 Å². The molecule has 1 fully saturated rings. The molecule has 10 nitrogen and oxygen atoms in total. The van der Waals surface area contributed by atoms with E-state index >= 15 is 0 Å². The number of hydrogen-bond donors (Lipinski definition) is 2. The van der Waals surface area contributed by atoms with Crippen LogP contribution < -0.4 is 5.32 Å². The Morgan fingerprint density at radius 3 is 2.33 bits per heavy atom. The highest BCUT2D eigenvalue weighted by Crippen LogP contribution is 2.35. The van der Waals surface area contributed by atoms with Gasteiger partial charge in [-0.05, 0) is 31.1 Å². The van der Waals surface area contributed by atoms with Crippen molar-refractivity contribution in [2.75, 3.05) is 7.05 Å². The molecule has 1 aliphatic rings. The summed E-state index contributed by atoms with van der Waals surface area (Å²) in [6.07, 6.45) is -2.78. The zero-order valence-corrected chi connectivity index (χ0v) is 26.3. The Bertz CT molecular complexity index is 1290. The molecule has 1 aliphatic carbocycles. The van der Waals surface area contributed by atoms with Crippen LogP contribution in [0.4, 0.5) is 13.2 Å². The van der Waals surface area contributed by atoms with Crippen molar-refractivity contribution in [3.05, 3.63) is 32.2 Å². The number of esters is 1. The molecule has 0 bridgehead atoms. The second-order valence-electron chi connectivity index (χ2n) is 11.3. The summed E-state index contributed by atoms with van der Waals surface area (Å²) in [6.45, 7) is 6.63. The van der Waals surface area contributed by atoms with Crippen LogP contribution >= 0.6 is 22.7 Å². The maximum absolute atomic E-state index is 13.2. The number of carbonyl (C=O) groups is 4. The maximum Gasteiger partial charge on any atom is 0.434 e. The van der Waals surface area contributed by atoms with E-state index in [4.69, 9.17) is 4.74 Å². The van der Waals surface area contributed by atoms with E-state index in [1.807, 2.05) is 13.8 Å². The molecule has 0 aliphatic heterocycles. The van der Waals surface area contributed by atoms with Crippen molar-refractivity contribution in [2.45, 2.75) is 90.6 Å². The number of carboxylic acid groups (broad SMARTS) is 1. The van der Waals surface area contributed by atoms with Crippen molar-refractivity contribution in [1.82, 2.24) is 20.2 Å². The first-order valence-corrected chi connectivity index (χ1v) is 15.7. The third kappa shape index (κ3) is 10.3. The second-order valence-corrected chi connectivity index (χ2v) is 13.2. The van der Waals surface area contributed by atoms with Crippen molar-refractivity contribution in [3.8, 4) is 0 Å². The van der Waals surface area contributed by atoms with Crippen molar-refractivity contribution in [3.63, 3.8) is 0 Å². The molecular formula is C28H37F3N4O6S2. The quantitative estimate of drug-likeness (QED) is 0.247. The molecule has 0 spiro atoms. The monoisotopic (exact) mass is 646 g/mol. The molecule has 238 valence electrons. The molecule has 43 heavy (non-hydrogen) atoms. The van der Waals surface area contributed by atoms with Gasteiger partial charge in [0.1, 0.15) is 10.7 Å². The van der Waals surface area contributed by atoms with Gasteiger partial charge in [-0.1, -0.05) is 20.8 Å². The summed E-state index contributed by atoms with van der Waals surface area (Å²) in [5.41, 5.74) is -1.07. The van der Waals surface area contributed by atoms with Crippen LogP contribution in [0, 0.1) is 17.8 Å². The van der Waals surface area contributed by atoms with Crippen LogP contribution in [0.3, 0.4) is 0 Å². The predicted octanol–water partition coefficient (Wildman–Crippen LogP) is 5.35. The largest absolute Gasteiger partial charge is 0.481 e. The Morgan fingerprint density at radius 1 is 1.12 bits per heavy atom. The Hall–Kier alpha value is -3.07. The highest BCUT2D eigenvalue weighted by molar-refractivity contribution is 7.10. The molecule has 0 aromatic carbocycles. The van der Waals surface area contributed by atoms with Crippen molar-refractivity contribution in [2.24, 2.45) is 17.8 Å². The molecule has 2 N–H and O–H groups in total. The number of carbonyl (C=O) groups excluding carboxylic acids is 3. The minimum absolute atomic E-state index is 0.0143. The molecule has 4 atom stereocenters. The highest BCUT2D eigenvalue weighted by atomic mass is 32.1. The first kappa shape index (κ1) is 34.4. The standard InChI is InChI=1S/C28H37F3N4O6S2/c1-14(2)20(35(5)24(37)9-17-6-7-17)11-21(41-16(4)36)26-33-19(12-43-26)25(38)32-18(8-15(3)27(39)40)10-23-34-22(13-42-23)28(29,30)31/h12-15,17-18,20-21H,6-11H2,1-5H3,(H,32,38)(H,39,40)/t15-,18+,20?,21+/m0/s1. The van der Waals surface area contributed by atoms with Crippen molar-refractivity contribution in [1.29, 1.82) is 0 Å². The number of hydrogen-bond acceptors (Lipinski definition) is 9. The van der Waals surface area contributed by atoms with E-state index in [1.165, 1.54) is 19.2 Å². The van der Waals surface area contributed by atoms with Gasteiger partial charge in [-0.2, -0.15) is 13.2 Å². The number of amides is 2. The molecule has 1 saturated carbocycles. The fraction of sp³-hybridized carbons (Fsp3) is 0.643. The topological polar surface area (TPSA) is 139 Å². The van der Waals surface area contributed by atoms with Crippen molar-refractivity contribution < 1.29 is 42.2 Å². The van der Waals surface area contributed by atoms with E-state index in [-0.39, 0.29) is 47.8 Å². The minimum Gasteiger partial charge on any atom is -0.481 e. The van der Waals surface area contributed by atoms with Crippen LogP contribution in [-0.2, 0) is 31.7 Å². The van der Waals surface area contributed by atoms with Crippen LogP contribution in [0.25, 0.3) is 0 Å². The van der Waals surface area contributed by atoms with E-state index in [2.05, 4.69) is 15.3 Å². The normalized spacial score (nSPS) is 16.3. The first-order valence-electron chi connectivity index (χ1n) is 14.0. The second kappa shape index (κ2) is 14.6. The average molecular weight is 647 g/mol. The number of aliphatic carboxylic acids is 1. The van der Waals surface area contributed by atoms with Gasteiger partial charge in [0.25, 0.3) is 5.91 Å². The van der Waals surface area contributed by atoms with E-state index in [9.17, 15) is 37.5 Å². The molecule has 2 heterocycles. The number of alkyl halides is 3. The number of aromatic nitrogens is 2. The summed E-state index contributed by atoms with van der Waals surface area (Å²) < 4.78 is 44.7. The third-order valence-electron chi connectivity index (χ3n) is 7.27. The van der Waals surface area contributed by atoms with Gasteiger partial charge in [0, 0.05) is 56.1 Å². The first-order chi connectivity index (χ1) is 20.0. The predicted molar refractivity (Wildman–Crippen MR) is 153 cm³/mol. The number of carboxylic acids is 1. The van der Waals surface area contributed by atoms with Crippen molar-refractivity contribution >= 4 is 46.4 Å². The lowest BCUT2D eigenvalue weighted by atomic mass is 9.96. The number of ether oxygens (including phenoxy) is 1. The lowest BCUT2D eigenvalue weighted by Crippen LogP contribution is -2.42. The number of nitrogens with one attached hydrogen (secondary N) is 1. The average Bonchev–Trinajstić information content (AvgIpc) is 3.35. The zero-order chi connectivity index (χ0) is 32.1. The van der Waals surface area contributed by atoms with Gasteiger partial charge in [0.2, 0.25) is 5.91 Å². The molecule has 2 aromatic rings. The summed E-state index contributed by atoms with van der Waals surface area (Å²) in [5, 5.41) is 14.9. The van der Waals surface area contributed by atoms with Crippen LogP contribution in [0.2, 0.25) is 0 Å². The summed E-state index contributed by atoms with van der Waals surface area (Å²) in [7, 11) is 1.74. The molecule has 2 amide bonds. The molecular weight excluding hydrogens is 609 g/mol. The van der Waals surface area contributed by atoms with Gasteiger partial charge < -0.3 is 20.1 Å². The number of rotatable bonds is 15. The Kier molecular flexibility index (Phi) is 11.7. The Balaban J connectivity index is 1.77. The molecule has 15 heteroatoms. The Labute approximate surface area is 256 Å². The molecule has 2 aromatic heterocycles. The summed E-state index contributed by atoms with van der Waals surface area (Å²) in [5.74, 6) is -2.74. The van der Waals surface area contributed by atoms with E-state index < -0.39 is 47.8 Å². The van der Waals surface area contributed by atoms with E-state index in [0.29, 0.717) is 17.3 Å². The minimum atomic E-state index is -4.62.